The molecule has 3 heteroatoms. The van der Waals surface area contributed by atoms with Gasteiger partial charge in [-0.25, -0.2) is 0 Å². The van der Waals surface area contributed by atoms with Gasteiger partial charge in [0.2, 0.25) is 0 Å². The molecule has 0 bridgehead atoms. The van der Waals surface area contributed by atoms with E-state index in [-0.39, 0.29) is 4.83 Å². The number of unbranched alkanes of at least 4 members (excludes halogenated alkanes) is 25. The van der Waals surface area contributed by atoms with Crippen LogP contribution < -0.4 is 0 Å². The first kappa shape index (κ1) is 33.0. The second kappa shape index (κ2) is 28.2. The summed E-state index contributed by atoms with van der Waals surface area (Å²) in [4.78, 5) is 10.4. The van der Waals surface area contributed by atoms with Gasteiger partial charge in [0.05, 0.1) is 0 Å². The molecule has 0 aromatic heterocycles. The van der Waals surface area contributed by atoms with Crippen molar-refractivity contribution in [3.8, 4) is 0 Å². The van der Waals surface area contributed by atoms with Crippen LogP contribution in [0.5, 0.6) is 0 Å². The van der Waals surface area contributed by atoms with Crippen molar-refractivity contribution in [3.05, 3.63) is 0 Å². The van der Waals surface area contributed by atoms with Crippen molar-refractivity contribution in [2.45, 2.75) is 185 Å². The van der Waals surface area contributed by atoms with Crippen LogP contribution in [0.15, 0.2) is 0 Å². The van der Waals surface area contributed by atoms with Crippen molar-refractivity contribution in [2.75, 3.05) is 0 Å². The van der Waals surface area contributed by atoms with E-state index >= 15 is 0 Å². The average molecular weight is 532 g/mol. The number of aliphatic carboxylic acids is 1. The molecule has 0 amide bonds. The first-order valence-corrected chi connectivity index (χ1v) is 16.0. The summed E-state index contributed by atoms with van der Waals surface area (Å²) in [6, 6.07) is 0. The van der Waals surface area contributed by atoms with Gasteiger partial charge in [0.15, 0.2) is 0 Å². The Bertz CT molecular complexity index is 385. The summed E-state index contributed by atoms with van der Waals surface area (Å²) >= 11 is 3.21. The molecule has 0 heterocycles. The number of alkyl halides is 1. The molecule has 0 aliphatic carbocycles. The van der Waals surface area contributed by atoms with Crippen LogP contribution in [0.1, 0.15) is 180 Å². The molecule has 0 aliphatic heterocycles. The molecule has 0 fully saturated rings. The lowest BCUT2D eigenvalue weighted by Gasteiger charge is -2.05. The third kappa shape index (κ3) is 28.1. The number of hydrogen-bond donors (Lipinski definition) is 1. The third-order valence-corrected chi connectivity index (χ3v) is 7.93. The van der Waals surface area contributed by atoms with Gasteiger partial charge in [0.1, 0.15) is 4.83 Å². The number of hydrogen-bond acceptors (Lipinski definition) is 1. The topological polar surface area (TPSA) is 37.3 Å². The monoisotopic (exact) mass is 530 g/mol. The normalized spacial score (nSPS) is 12.3. The van der Waals surface area contributed by atoms with Gasteiger partial charge < -0.3 is 5.11 Å². The maximum Gasteiger partial charge on any atom is 0.317 e. The van der Waals surface area contributed by atoms with E-state index in [9.17, 15) is 4.79 Å². The van der Waals surface area contributed by atoms with E-state index in [1.165, 1.54) is 161 Å². The number of carboxylic acids is 1. The van der Waals surface area contributed by atoms with Crippen LogP contribution in [0.25, 0.3) is 0 Å². The van der Waals surface area contributed by atoms with Crippen LogP contribution in [0, 0.1) is 0 Å². The Kier molecular flexibility index (Phi) is 28.1. The SMILES string of the molecule is CCCCCCCCCCCCCCCCCCCCCCCCCCCCC(Br)C(=O)O. The summed E-state index contributed by atoms with van der Waals surface area (Å²) in [6.45, 7) is 2.30. The molecular weight excluding hydrogens is 472 g/mol. The van der Waals surface area contributed by atoms with E-state index in [2.05, 4.69) is 22.9 Å². The molecular formula is C30H59BrO2. The first-order valence-electron chi connectivity index (χ1n) is 15.0. The summed E-state index contributed by atoms with van der Waals surface area (Å²) in [6.07, 6.45) is 37.3. The molecule has 1 N–H and O–H groups in total. The largest absolute Gasteiger partial charge is 0.480 e. The summed E-state index contributed by atoms with van der Waals surface area (Å²) in [7, 11) is 0. The van der Waals surface area contributed by atoms with Gasteiger partial charge in [-0.3, -0.25) is 4.79 Å². The number of carboxylic acid groups (broad SMARTS) is 1. The quantitative estimate of drug-likeness (QED) is 0.0805. The zero-order valence-electron chi connectivity index (χ0n) is 22.4. The highest BCUT2D eigenvalue weighted by molar-refractivity contribution is 9.10. The predicted octanol–water partition coefficient (Wildman–Crippen LogP) is 11.4. The van der Waals surface area contributed by atoms with Gasteiger partial charge in [-0.15, -0.1) is 0 Å². The van der Waals surface area contributed by atoms with Crippen molar-refractivity contribution in [2.24, 2.45) is 0 Å². The van der Waals surface area contributed by atoms with Crippen molar-refractivity contribution < 1.29 is 9.90 Å². The highest BCUT2D eigenvalue weighted by Gasteiger charge is 2.11. The predicted molar refractivity (Wildman–Crippen MR) is 151 cm³/mol. The van der Waals surface area contributed by atoms with Gasteiger partial charge in [-0.05, 0) is 6.42 Å². The minimum atomic E-state index is -0.727. The lowest BCUT2D eigenvalue weighted by atomic mass is 10.0. The van der Waals surface area contributed by atoms with Crippen LogP contribution in [0.2, 0.25) is 0 Å². The fourth-order valence-electron chi connectivity index (χ4n) is 4.76. The molecule has 2 nitrogen and oxygen atoms in total. The molecule has 33 heavy (non-hydrogen) atoms. The van der Waals surface area contributed by atoms with Gasteiger partial charge in [0.25, 0.3) is 0 Å². The molecule has 0 aromatic rings. The van der Waals surface area contributed by atoms with Crippen LogP contribution in [0.3, 0.4) is 0 Å². The number of carbonyl (C=O) groups is 1. The van der Waals surface area contributed by atoms with Crippen molar-refractivity contribution in [3.63, 3.8) is 0 Å². The molecule has 0 saturated carbocycles. The average Bonchev–Trinajstić information content (AvgIpc) is 2.81. The molecule has 0 rings (SSSR count). The summed E-state index contributed by atoms with van der Waals surface area (Å²) in [5.74, 6) is -0.727. The Balaban J connectivity index is 3.04. The van der Waals surface area contributed by atoms with Crippen LogP contribution in [-0.2, 0) is 4.79 Å². The van der Waals surface area contributed by atoms with Crippen molar-refractivity contribution in [1.29, 1.82) is 0 Å². The second-order valence-electron chi connectivity index (χ2n) is 10.4. The van der Waals surface area contributed by atoms with Crippen molar-refractivity contribution >= 4 is 21.9 Å². The zero-order chi connectivity index (χ0) is 24.2. The Morgan fingerprint density at radius 2 is 0.697 bits per heavy atom. The highest BCUT2D eigenvalue weighted by Crippen LogP contribution is 2.17. The van der Waals surface area contributed by atoms with Gasteiger partial charge >= 0.3 is 5.97 Å². The maximum absolute atomic E-state index is 10.7. The summed E-state index contributed by atoms with van der Waals surface area (Å²) in [5.41, 5.74) is 0. The molecule has 0 aliphatic rings. The fourth-order valence-corrected chi connectivity index (χ4v) is 5.09. The molecule has 0 spiro atoms. The highest BCUT2D eigenvalue weighted by atomic mass is 79.9. The molecule has 0 aromatic carbocycles. The van der Waals surface area contributed by atoms with E-state index in [0.717, 1.165) is 12.8 Å². The Morgan fingerprint density at radius 3 is 0.909 bits per heavy atom. The Labute approximate surface area is 216 Å². The second-order valence-corrected chi connectivity index (χ2v) is 11.5. The van der Waals surface area contributed by atoms with Gasteiger partial charge in [0, 0.05) is 0 Å². The van der Waals surface area contributed by atoms with E-state index in [0.29, 0.717) is 0 Å². The maximum atomic E-state index is 10.7. The van der Waals surface area contributed by atoms with Gasteiger partial charge in [-0.2, -0.15) is 0 Å². The smallest absolute Gasteiger partial charge is 0.317 e. The van der Waals surface area contributed by atoms with Crippen LogP contribution >= 0.6 is 15.9 Å². The molecule has 198 valence electrons. The van der Waals surface area contributed by atoms with E-state index in [1.54, 1.807) is 0 Å². The Morgan fingerprint density at radius 1 is 0.485 bits per heavy atom. The molecule has 1 unspecified atom stereocenters. The lowest BCUT2D eigenvalue weighted by Crippen LogP contribution is -2.11. The van der Waals surface area contributed by atoms with Crippen LogP contribution in [0.4, 0.5) is 0 Å². The van der Waals surface area contributed by atoms with Crippen molar-refractivity contribution in [1.82, 2.24) is 0 Å². The summed E-state index contributed by atoms with van der Waals surface area (Å²) in [5, 5.41) is 8.83. The number of rotatable bonds is 28. The fraction of sp³-hybridized carbons (Fsp3) is 0.967. The minimum Gasteiger partial charge on any atom is -0.480 e. The van der Waals surface area contributed by atoms with E-state index in [1.807, 2.05) is 0 Å². The lowest BCUT2D eigenvalue weighted by molar-refractivity contribution is -0.136. The van der Waals surface area contributed by atoms with Gasteiger partial charge in [-0.1, -0.05) is 190 Å². The Hall–Kier alpha value is -0.0500. The molecule has 1 atom stereocenters. The standard InChI is InChI=1S/C30H59BrO2/c1-2-3-4-5-6-7-8-9-10-11-12-13-14-15-16-17-18-19-20-21-22-23-24-25-26-27-28-29(31)30(32)33/h29H,2-28H2,1H3,(H,32,33). The summed E-state index contributed by atoms with van der Waals surface area (Å²) < 4.78 is 0. The minimum absolute atomic E-state index is 0.355. The third-order valence-electron chi connectivity index (χ3n) is 7.08. The molecule has 0 saturated heterocycles. The van der Waals surface area contributed by atoms with E-state index in [4.69, 9.17) is 5.11 Å². The zero-order valence-corrected chi connectivity index (χ0v) is 24.0. The first-order chi connectivity index (χ1) is 16.2. The van der Waals surface area contributed by atoms with E-state index < -0.39 is 5.97 Å². The molecule has 0 radical (unpaired) electrons. The number of halogens is 1. The van der Waals surface area contributed by atoms with Crippen LogP contribution in [-0.4, -0.2) is 15.9 Å².